The van der Waals surface area contributed by atoms with Crippen molar-refractivity contribution in [3.8, 4) is 0 Å². The molecule has 1 aliphatic rings. The maximum Gasteiger partial charge on any atom is 0.437 e. The monoisotopic (exact) mass is 424 g/mol. The van der Waals surface area contributed by atoms with Crippen molar-refractivity contribution in [1.29, 1.82) is 0 Å². The van der Waals surface area contributed by atoms with Gasteiger partial charge in [-0.15, -0.1) is 5.10 Å². The number of hydrogen-bond acceptors (Lipinski definition) is 6. The molecule has 0 bridgehead atoms. The van der Waals surface area contributed by atoms with Crippen molar-refractivity contribution in [3.63, 3.8) is 0 Å². The van der Waals surface area contributed by atoms with Crippen LogP contribution in [0.25, 0.3) is 11.2 Å². The summed E-state index contributed by atoms with van der Waals surface area (Å²) in [4.78, 5) is 33.7. The van der Waals surface area contributed by atoms with E-state index >= 15 is 0 Å². The van der Waals surface area contributed by atoms with Gasteiger partial charge in [0.2, 0.25) is 5.89 Å². The third-order valence-electron chi connectivity index (χ3n) is 5.73. The highest BCUT2D eigenvalue weighted by Gasteiger charge is 2.34. The predicted molar refractivity (Wildman–Crippen MR) is 113 cm³/mol. The molecule has 3 aromatic heterocycles. The van der Waals surface area contributed by atoms with Crippen molar-refractivity contribution >= 4 is 36.3 Å². The van der Waals surface area contributed by atoms with Crippen LogP contribution in [0.2, 0.25) is 5.02 Å². The Labute approximate surface area is 176 Å². The number of halogens is 1. The number of nitrogens with zero attached hydrogens (tertiary/aromatic N) is 6. The molecule has 0 unspecified atom stereocenters. The lowest BCUT2D eigenvalue weighted by atomic mass is 9.76. The largest absolute Gasteiger partial charge is 0.437 e. The minimum atomic E-state index is -0.509. The molecule has 152 valence electrons. The van der Waals surface area contributed by atoms with E-state index in [-0.39, 0.29) is 24.0 Å². The standard InChI is InChI=1S/C19H18BClN6O3/c1-25-9-22-16-15(25)17(28)26(18(20)23-16)8-14-24-27(19(29)30-14)13-6-11(7-13)10-2-4-12(21)5-3-10/h2-5,9,11,13H,6-8,20H2,1H3/t11-,13-. The average molecular weight is 425 g/mol. The van der Waals surface area contributed by atoms with Crippen LogP contribution in [0, 0.1) is 0 Å². The van der Waals surface area contributed by atoms with Gasteiger partial charge in [0.25, 0.3) is 5.56 Å². The number of rotatable bonds is 4. The van der Waals surface area contributed by atoms with E-state index in [4.69, 9.17) is 16.0 Å². The second-order valence-corrected chi connectivity index (χ2v) is 8.09. The Morgan fingerprint density at radius 1 is 1.23 bits per heavy atom. The lowest BCUT2D eigenvalue weighted by Gasteiger charge is -2.34. The Hall–Kier alpha value is -3.14. The summed E-state index contributed by atoms with van der Waals surface area (Å²) in [5, 5.41) is 5.05. The van der Waals surface area contributed by atoms with E-state index in [1.54, 1.807) is 25.8 Å². The predicted octanol–water partition coefficient (Wildman–Crippen LogP) is 0.358. The number of hydrogen-bond donors (Lipinski definition) is 0. The van der Waals surface area contributed by atoms with Crippen LogP contribution in [-0.4, -0.2) is 36.7 Å². The summed E-state index contributed by atoms with van der Waals surface area (Å²) in [6.45, 7) is 0.0361. The summed E-state index contributed by atoms with van der Waals surface area (Å²) < 4.78 is 9.79. The van der Waals surface area contributed by atoms with E-state index in [1.165, 1.54) is 14.8 Å². The van der Waals surface area contributed by atoms with Crippen LogP contribution < -0.4 is 17.0 Å². The van der Waals surface area contributed by atoms with Crippen LogP contribution in [-0.2, 0) is 13.6 Å². The smallest absolute Gasteiger partial charge is 0.390 e. The van der Waals surface area contributed by atoms with Crippen molar-refractivity contribution in [2.24, 2.45) is 7.05 Å². The zero-order valence-electron chi connectivity index (χ0n) is 16.4. The highest BCUT2D eigenvalue weighted by molar-refractivity contribution is 6.30. The molecule has 1 fully saturated rings. The maximum absolute atomic E-state index is 12.9. The molecule has 0 spiro atoms. The Bertz CT molecular complexity index is 1360. The summed E-state index contributed by atoms with van der Waals surface area (Å²) in [7, 11) is 3.45. The van der Waals surface area contributed by atoms with Gasteiger partial charge in [-0.05, 0) is 36.5 Å². The van der Waals surface area contributed by atoms with Gasteiger partial charge in [-0.2, -0.15) is 4.68 Å². The molecular weight excluding hydrogens is 407 g/mol. The van der Waals surface area contributed by atoms with E-state index in [2.05, 4.69) is 15.1 Å². The highest BCUT2D eigenvalue weighted by atomic mass is 35.5. The number of aryl methyl sites for hydroxylation is 1. The molecule has 1 aliphatic carbocycles. The SMILES string of the molecule is Bc1nc2ncn(C)c2c(=O)n1Cc1nn([C@H]2C[C@H](c3ccc(Cl)cc3)C2)c(=O)o1. The molecule has 11 heteroatoms. The maximum atomic E-state index is 12.9. The number of aromatic nitrogens is 6. The van der Waals surface area contributed by atoms with E-state index in [9.17, 15) is 9.59 Å². The molecule has 5 rings (SSSR count). The molecule has 0 atom stereocenters. The molecule has 0 N–H and O–H groups in total. The topological polar surface area (TPSA) is 101 Å². The second-order valence-electron chi connectivity index (χ2n) is 7.66. The molecule has 0 radical (unpaired) electrons. The zero-order valence-corrected chi connectivity index (χ0v) is 17.2. The minimum Gasteiger partial charge on any atom is -0.390 e. The second kappa shape index (κ2) is 6.98. The van der Waals surface area contributed by atoms with Crippen LogP contribution in [0.4, 0.5) is 0 Å². The Balaban J connectivity index is 1.38. The van der Waals surface area contributed by atoms with Crippen LogP contribution in [0.5, 0.6) is 0 Å². The van der Waals surface area contributed by atoms with Gasteiger partial charge >= 0.3 is 5.76 Å². The van der Waals surface area contributed by atoms with E-state index < -0.39 is 5.76 Å². The highest BCUT2D eigenvalue weighted by Crippen LogP contribution is 2.43. The first kappa shape index (κ1) is 18.9. The first-order valence-electron chi connectivity index (χ1n) is 9.63. The molecule has 1 aromatic carbocycles. The first-order valence-corrected chi connectivity index (χ1v) is 10.0. The summed E-state index contributed by atoms with van der Waals surface area (Å²) in [5.41, 5.74) is 2.22. The van der Waals surface area contributed by atoms with Gasteiger partial charge in [-0.3, -0.25) is 9.36 Å². The summed E-state index contributed by atoms with van der Waals surface area (Å²) in [6.07, 6.45) is 3.15. The normalized spacial score (nSPS) is 18.6. The molecule has 1 saturated carbocycles. The average Bonchev–Trinajstić information content (AvgIpc) is 3.22. The molecule has 9 nitrogen and oxygen atoms in total. The molecule has 0 aliphatic heterocycles. The lowest BCUT2D eigenvalue weighted by molar-refractivity contribution is 0.233. The summed E-state index contributed by atoms with van der Waals surface area (Å²) in [6, 6.07) is 7.75. The van der Waals surface area contributed by atoms with Gasteiger partial charge in [-0.1, -0.05) is 23.7 Å². The molecule has 0 saturated heterocycles. The van der Waals surface area contributed by atoms with Gasteiger partial charge < -0.3 is 8.98 Å². The zero-order chi connectivity index (χ0) is 21.0. The van der Waals surface area contributed by atoms with Gasteiger partial charge in [0.1, 0.15) is 6.54 Å². The van der Waals surface area contributed by atoms with Gasteiger partial charge in [0.05, 0.1) is 18.1 Å². The van der Waals surface area contributed by atoms with Crippen LogP contribution in [0.15, 0.2) is 44.6 Å². The Morgan fingerprint density at radius 2 is 1.97 bits per heavy atom. The van der Waals surface area contributed by atoms with E-state index in [1.807, 2.05) is 24.3 Å². The molecule has 30 heavy (non-hydrogen) atoms. The molecular formula is C19H18BClN6O3. The quantitative estimate of drug-likeness (QED) is 0.438. The van der Waals surface area contributed by atoms with Gasteiger partial charge in [0.15, 0.2) is 19.0 Å². The Morgan fingerprint density at radius 3 is 2.70 bits per heavy atom. The van der Waals surface area contributed by atoms with E-state index in [0.717, 1.165) is 12.8 Å². The first-order chi connectivity index (χ1) is 14.4. The summed E-state index contributed by atoms with van der Waals surface area (Å²) in [5.74, 6) is 0.0360. The van der Waals surface area contributed by atoms with Crippen LogP contribution in [0.1, 0.15) is 36.3 Å². The number of imidazole rings is 1. The molecule has 4 aromatic rings. The van der Waals surface area contributed by atoms with Crippen molar-refractivity contribution in [2.45, 2.75) is 31.3 Å². The van der Waals surface area contributed by atoms with Crippen molar-refractivity contribution in [1.82, 2.24) is 28.9 Å². The minimum absolute atomic E-state index is 0.0221. The summed E-state index contributed by atoms with van der Waals surface area (Å²) >= 11 is 5.95. The van der Waals surface area contributed by atoms with Crippen LogP contribution >= 0.6 is 11.6 Å². The van der Waals surface area contributed by atoms with Crippen molar-refractivity contribution < 1.29 is 4.42 Å². The van der Waals surface area contributed by atoms with Gasteiger partial charge in [0, 0.05) is 12.1 Å². The fraction of sp³-hybridized carbons (Fsp3) is 0.316. The van der Waals surface area contributed by atoms with Crippen molar-refractivity contribution in [2.75, 3.05) is 0 Å². The van der Waals surface area contributed by atoms with Crippen molar-refractivity contribution in [3.05, 3.63) is 68.0 Å². The van der Waals surface area contributed by atoms with Gasteiger partial charge in [-0.25, -0.2) is 14.8 Å². The Kier molecular flexibility index (Phi) is 4.39. The molecule has 0 amide bonds. The number of benzene rings is 1. The van der Waals surface area contributed by atoms with Crippen LogP contribution in [0.3, 0.4) is 0 Å². The fourth-order valence-electron chi connectivity index (χ4n) is 3.97. The third-order valence-corrected chi connectivity index (χ3v) is 5.98. The van der Waals surface area contributed by atoms with E-state index in [0.29, 0.717) is 27.8 Å². The number of fused-ring (bicyclic) bond motifs is 1. The fourth-order valence-corrected chi connectivity index (χ4v) is 4.10. The third kappa shape index (κ3) is 3.07. The molecule has 3 heterocycles. The lowest BCUT2D eigenvalue weighted by Crippen LogP contribution is -2.37.